The van der Waals surface area contributed by atoms with Gasteiger partial charge < -0.3 is 4.74 Å². The standard InChI is InChI=1S/C10H4BrCl3N2O/c11-5-3-7(13)8(4-6(5)12)17-10-9(14)15-1-2-16-10/h1-4H. The summed E-state index contributed by atoms with van der Waals surface area (Å²) in [7, 11) is 0. The number of aromatic nitrogens is 2. The molecule has 17 heavy (non-hydrogen) atoms. The maximum Gasteiger partial charge on any atom is 0.257 e. The first-order valence-corrected chi connectivity index (χ1v) is 6.29. The molecule has 0 spiro atoms. The van der Waals surface area contributed by atoms with Crippen LogP contribution in [-0.4, -0.2) is 9.97 Å². The van der Waals surface area contributed by atoms with Crippen molar-refractivity contribution in [3.05, 3.63) is 44.2 Å². The Morgan fingerprint density at radius 3 is 2.41 bits per heavy atom. The highest BCUT2D eigenvalue weighted by molar-refractivity contribution is 9.10. The Morgan fingerprint density at radius 1 is 1.00 bits per heavy atom. The predicted octanol–water partition coefficient (Wildman–Crippen LogP) is 4.99. The second-order valence-corrected chi connectivity index (χ2v) is 4.98. The van der Waals surface area contributed by atoms with Crippen molar-refractivity contribution in [1.29, 1.82) is 0 Å². The van der Waals surface area contributed by atoms with Crippen molar-refractivity contribution in [2.45, 2.75) is 0 Å². The van der Waals surface area contributed by atoms with Crippen LogP contribution in [0.5, 0.6) is 11.6 Å². The highest BCUT2D eigenvalue weighted by atomic mass is 79.9. The average molecular weight is 354 g/mol. The van der Waals surface area contributed by atoms with Crippen LogP contribution in [0.4, 0.5) is 0 Å². The molecule has 0 aliphatic heterocycles. The van der Waals surface area contributed by atoms with Gasteiger partial charge in [-0.3, -0.25) is 0 Å². The summed E-state index contributed by atoms with van der Waals surface area (Å²) in [5.41, 5.74) is 0. The van der Waals surface area contributed by atoms with Crippen molar-refractivity contribution in [2.24, 2.45) is 0 Å². The average Bonchev–Trinajstić information content (AvgIpc) is 2.29. The number of rotatable bonds is 2. The first kappa shape index (κ1) is 12.9. The van der Waals surface area contributed by atoms with Crippen LogP contribution in [0.25, 0.3) is 0 Å². The minimum Gasteiger partial charge on any atom is -0.435 e. The molecule has 0 saturated carbocycles. The van der Waals surface area contributed by atoms with Gasteiger partial charge in [0.25, 0.3) is 5.88 Å². The van der Waals surface area contributed by atoms with E-state index in [1.54, 1.807) is 12.1 Å². The largest absolute Gasteiger partial charge is 0.435 e. The lowest BCUT2D eigenvalue weighted by molar-refractivity contribution is 0.460. The number of benzene rings is 1. The monoisotopic (exact) mass is 352 g/mol. The summed E-state index contributed by atoms with van der Waals surface area (Å²) in [6.45, 7) is 0. The van der Waals surface area contributed by atoms with Crippen LogP contribution < -0.4 is 4.74 Å². The molecule has 0 aliphatic carbocycles. The van der Waals surface area contributed by atoms with Gasteiger partial charge in [0, 0.05) is 22.9 Å². The maximum absolute atomic E-state index is 6.00. The lowest BCUT2D eigenvalue weighted by Gasteiger charge is -2.08. The van der Waals surface area contributed by atoms with Crippen LogP contribution in [0.15, 0.2) is 29.0 Å². The van der Waals surface area contributed by atoms with Gasteiger partial charge in [0.2, 0.25) is 0 Å². The molecular formula is C10H4BrCl3N2O. The van der Waals surface area contributed by atoms with Gasteiger partial charge in [0.1, 0.15) is 5.75 Å². The second kappa shape index (κ2) is 5.40. The molecule has 0 radical (unpaired) electrons. The molecule has 0 amide bonds. The molecule has 1 aromatic carbocycles. The second-order valence-electron chi connectivity index (χ2n) is 2.95. The highest BCUT2D eigenvalue weighted by Crippen LogP contribution is 2.37. The Bertz CT molecular complexity index is 565. The number of ether oxygens (including phenoxy) is 1. The van der Waals surface area contributed by atoms with Crippen LogP contribution in [0.3, 0.4) is 0 Å². The zero-order valence-corrected chi connectivity index (χ0v) is 12.0. The van der Waals surface area contributed by atoms with Crippen molar-refractivity contribution in [3.63, 3.8) is 0 Å². The Kier molecular flexibility index (Phi) is 4.09. The zero-order valence-electron chi connectivity index (χ0n) is 8.12. The first-order valence-electron chi connectivity index (χ1n) is 4.37. The van der Waals surface area contributed by atoms with E-state index in [0.29, 0.717) is 20.3 Å². The zero-order chi connectivity index (χ0) is 12.4. The normalized spacial score (nSPS) is 10.4. The summed E-state index contributed by atoms with van der Waals surface area (Å²) in [6.07, 6.45) is 2.93. The molecule has 2 rings (SSSR count). The molecule has 0 fully saturated rings. The van der Waals surface area contributed by atoms with Gasteiger partial charge in [-0.2, -0.15) is 0 Å². The molecule has 88 valence electrons. The number of nitrogens with zero attached hydrogens (tertiary/aromatic N) is 2. The van der Waals surface area contributed by atoms with Gasteiger partial charge in [0.15, 0.2) is 5.15 Å². The van der Waals surface area contributed by atoms with E-state index in [0.717, 1.165) is 0 Å². The maximum atomic E-state index is 6.00. The fourth-order valence-electron chi connectivity index (χ4n) is 1.06. The van der Waals surface area contributed by atoms with E-state index >= 15 is 0 Å². The van der Waals surface area contributed by atoms with E-state index in [4.69, 9.17) is 39.5 Å². The number of hydrogen-bond acceptors (Lipinski definition) is 3. The SMILES string of the molecule is Clc1cc(Oc2nccnc2Cl)c(Cl)cc1Br. The van der Waals surface area contributed by atoms with Gasteiger partial charge >= 0.3 is 0 Å². The fraction of sp³-hybridized carbons (Fsp3) is 0. The van der Waals surface area contributed by atoms with Gasteiger partial charge in [-0.1, -0.05) is 34.8 Å². The van der Waals surface area contributed by atoms with Gasteiger partial charge in [-0.05, 0) is 22.0 Å². The summed E-state index contributed by atoms with van der Waals surface area (Å²) < 4.78 is 6.12. The third-order valence-electron chi connectivity index (χ3n) is 1.80. The third kappa shape index (κ3) is 3.01. The van der Waals surface area contributed by atoms with Crippen molar-refractivity contribution in [2.75, 3.05) is 0 Å². The van der Waals surface area contributed by atoms with E-state index in [1.165, 1.54) is 12.4 Å². The van der Waals surface area contributed by atoms with Crippen LogP contribution in [-0.2, 0) is 0 Å². The molecular weight excluding hydrogens is 350 g/mol. The molecule has 0 N–H and O–H groups in total. The quantitative estimate of drug-likeness (QED) is 0.713. The summed E-state index contributed by atoms with van der Waals surface area (Å²) in [4.78, 5) is 7.77. The van der Waals surface area contributed by atoms with Crippen LogP contribution >= 0.6 is 50.7 Å². The first-order chi connectivity index (χ1) is 8.08. The summed E-state index contributed by atoms with van der Waals surface area (Å²) in [5, 5.41) is 1.02. The molecule has 2 aromatic rings. The molecule has 3 nitrogen and oxygen atoms in total. The van der Waals surface area contributed by atoms with Crippen LogP contribution in [0, 0.1) is 0 Å². The molecule has 0 saturated heterocycles. The van der Waals surface area contributed by atoms with E-state index in [1.807, 2.05) is 0 Å². The smallest absolute Gasteiger partial charge is 0.257 e. The molecule has 0 atom stereocenters. The topological polar surface area (TPSA) is 35.0 Å². The summed E-state index contributed by atoms with van der Waals surface area (Å²) in [5.74, 6) is 0.539. The molecule has 0 aliphatic rings. The van der Waals surface area contributed by atoms with E-state index in [9.17, 15) is 0 Å². The molecule has 0 bridgehead atoms. The van der Waals surface area contributed by atoms with E-state index in [-0.39, 0.29) is 11.0 Å². The van der Waals surface area contributed by atoms with Gasteiger partial charge in [-0.15, -0.1) is 0 Å². The lowest BCUT2D eigenvalue weighted by atomic mass is 10.3. The molecule has 0 unspecified atom stereocenters. The minimum atomic E-state index is 0.155. The predicted molar refractivity (Wildman–Crippen MR) is 71.3 cm³/mol. The van der Waals surface area contributed by atoms with Gasteiger partial charge in [-0.25, -0.2) is 9.97 Å². The van der Waals surface area contributed by atoms with Crippen LogP contribution in [0.1, 0.15) is 0 Å². The lowest BCUT2D eigenvalue weighted by Crippen LogP contribution is -1.91. The van der Waals surface area contributed by atoms with E-state index in [2.05, 4.69) is 25.9 Å². The van der Waals surface area contributed by atoms with E-state index < -0.39 is 0 Å². The Labute approximate surface area is 121 Å². The molecule has 1 aromatic heterocycles. The summed E-state index contributed by atoms with van der Waals surface area (Å²) >= 11 is 21.0. The molecule has 7 heteroatoms. The van der Waals surface area contributed by atoms with Crippen molar-refractivity contribution < 1.29 is 4.74 Å². The van der Waals surface area contributed by atoms with Crippen molar-refractivity contribution in [3.8, 4) is 11.6 Å². The Morgan fingerprint density at radius 2 is 1.71 bits per heavy atom. The van der Waals surface area contributed by atoms with Gasteiger partial charge in [0.05, 0.1) is 10.0 Å². The molecule has 1 heterocycles. The summed E-state index contributed by atoms with van der Waals surface area (Å²) in [6, 6.07) is 3.20. The third-order valence-corrected chi connectivity index (χ3v) is 3.56. The fourth-order valence-corrected chi connectivity index (χ4v) is 2.04. The Balaban J connectivity index is 2.37. The van der Waals surface area contributed by atoms with Crippen molar-refractivity contribution in [1.82, 2.24) is 9.97 Å². The number of hydrogen-bond donors (Lipinski definition) is 0. The Hall–Kier alpha value is -0.550. The minimum absolute atomic E-state index is 0.155. The highest BCUT2D eigenvalue weighted by Gasteiger charge is 2.11. The van der Waals surface area contributed by atoms with Crippen LogP contribution in [0.2, 0.25) is 15.2 Å². The number of halogens is 4. The van der Waals surface area contributed by atoms with Crippen molar-refractivity contribution >= 4 is 50.7 Å².